The Hall–Kier alpha value is -2.65. The van der Waals surface area contributed by atoms with Crippen molar-refractivity contribution < 1.29 is 8.42 Å². The number of fused-ring (bicyclic) bond motifs is 3. The van der Waals surface area contributed by atoms with Gasteiger partial charge in [0.1, 0.15) is 0 Å². The van der Waals surface area contributed by atoms with Crippen molar-refractivity contribution in [3.05, 3.63) is 84.8 Å². The molecule has 0 saturated carbocycles. The third-order valence-corrected chi connectivity index (χ3v) is 4.02. The van der Waals surface area contributed by atoms with E-state index in [0.29, 0.717) is 0 Å². The third kappa shape index (κ3) is 3.41. The van der Waals surface area contributed by atoms with Crippen LogP contribution in [0.3, 0.4) is 0 Å². The summed E-state index contributed by atoms with van der Waals surface area (Å²) in [6.45, 7) is 2.96. The van der Waals surface area contributed by atoms with Gasteiger partial charge in [-0.1, -0.05) is 55.1 Å². The molecule has 0 bridgehead atoms. The van der Waals surface area contributed by atoms with E-state index < -0.39 is 10.7 Å². The first-order valence-electron chi connectivity index (χ1n) is 7.25. The van der Waals surface area contributed by atoms with Gasteiger partial charge in [-0.25, -0.2) is 8.42 Å². The fourth-order valence-electron chi connectivity index (χ4n) is 2.63. The molecule has 0 aliphatic carbocycles. The van der Waals surface area contributed by atoms with E-state index in [4.69, 9.17) is 0 Å². The second kappa shape index (κ2) is 6.63. The van der Waals surface area contributed by atoms with Crippen LogP contribution >= 0.6 is 0 Å². The Morgan fingerprint density at radius 1 is 0.609 bits per heavy atom. The molecule has 2 nitrogen and oxygen atoms in total. The normalized spacial score (nSPS) is 10.7. The Morgan fingerprint density at radius 2 is 0.870 bits per heavy atom. The van der Waals surface area contributed by atoms with Crippen LogP contribution in [0, 0.1) is 0 Å². The third-order valence-electron chi connectivity index (χ3n) is 3.72. The van der Waals surface area contributed by atoms with Crippen LogP contribution in [0.15, 0.2) is 84.8 Å². The summed E-state index contributed by atoms with van der Waals surface area (Å²) in [5, 5.41) is 8.72. The molecule has 114 valence electrons. The van der Waals surface area contributed by atoms with Crippen molar-refractivity contribution in [1.82, 2.24) is 0 Å². The summed E-state index contributed by atoms with van der Waals surface area (Å²) in [5.41, 5.74) is 0. The number of rotatable bonds is 1. The first-order chi connectivity index (χ1) is 11.2. The zero-order valence-corrected chi connectivity index (χ0v) is 13.4. The molecule has 0 N–H and O–H groups in total. The number of hydrogen-bond acceptors (Lipinski definition) is 2. The number of benzene rings is 4. The summed E-state index contributed by atoms with van der Waals surface area (Å²) in [6.07, 6.45) is 0. The van der Waals surface area contributed by atoms with Gasteiger partial charge in [-0.15, -0.1) is 0 Å². The summed E-state index contributed by atoms with van der Waals surface area (Å²) in [7, 11) is -2.33. The maximum Gasteiger partial charge on any atom is 0.160 e. The molecule has 0 amide bonds. The van der Waals surface area contributed by atoms with E-state index in [-0.39, 0.29) is 0 Å². The van der Waals surface area contributed by atoms with Crippen molar-refractivity contribution >= 4 is 43.0 Å². The highest BCUT2D eigenvalue weighted by molar-refractivity contribution is 7.75. The Labute approximate surface area is 136 Å². The lowest BCUT2D eigenvalue weighted by Gasteiger charge is -2.04. The molecular weight excluding hydrogens is 304 g/mol. The molecule has 23 heavy (non-hydrogen) atoms. The zero-order chi connectivity index (χ0) is 16.2. The molecule has 0 aliphatic heterocycles. The Kier molecular flexibility index (Phi) is 4.40. The minimum atomic E-state index is -2.33. The Morgan fingerprint density at radius 3 is 1.09 bits per heavy atom. The minimum Gasteiger partial charge on any atom is -0.227 e. The lowest BCUT2D eigenvalue weighted by atomic mass is 10.00. The SMILES string of the molecule is C=C[SH](=O)=O.c1ccc2cc3cc4ccccc4cc3cc2c1. The van der Waals surface area contributed by atoms with Gasteiger partial charge < -0.3 is 0 Å². The molecule has 4 aromatic carbocycles. The van der Waals surface area contributed by atoms with Gasteiger partial charge in [0.05, 0.1) is 0 Å². The van der Waals surface area contributed by atoms with Crippen molar-refractivity contribution in [2.75, 3.05) is 0 Å². The molecule has 0 aromatic heterocycles. The smallest absolute Gasteiger partial charge is 0.160 e. The number of hydrogen-bond donors (Lipinski definition) is 1. The van der Waals surface area contributed by atoms with E-state index in [0.717, 1.165) is 5.41 Å². The largest absolute Gasteiger partial charge is 0.227 e. The molecule has 0 heterocycles. The maximum absolute atomic E-state index is 9.29. The van der Waals surface area contributed by atoms with E-state index in [1.807, 2.05) is 0 Å². The van der Waals surface area contributed by atoms with Crippen molar-refractivity contribution in [2.45, 2.75) is 0 Å². The van der Waals surface area contributed by atoms with Gasteiger partial charge in [-0.2, -0.15) is 0 Å². The molecular formula is C20H16O2S. The maximum atomic E-state index is 9.29. The second-order valence-electron chi connectivity index (χ2n) is 5.21. The summed E-state index contributed by atoms with van der Waals surface area (Å²) < 4.78 is 18.6. The number of thiol groups is 1. The van der Waals surface area contributed by atoms with E-state index in [9.17, 15) is 8.42 Å². The molecule has 0 atom stereocenters. The molecule has 0 radical (unpaired) electrons. The highest BCUT2D eigenvalue weighted by Gasteiger charge is 2.00. The average molecular weight is 320 g/mol. The van der Waals surface area contributed by atoms with Crippen LogP contribution in [0.5, 0.6) is 0 Å². The molecule has 4 rings (SSSR count). The van der Waals surface area contributed by atoms with Crippen LogP contribution in [-0.2, 0) is 10.7 Å². The van der Waals surface area contributed by atoms with Crippen molar-refractivity contribution in [2.24, 2.45) is 0 Å². The van der Waals surface area contributed by atoms with Gasteiger partial charge in [0.25, 0.3) is 0 Å². The summed E-state index contributed by atoms with van der Waals surface area (Å²) in [6, 6.07) is 26.2. The van der Waals surface area contributed by atoms with Crippen LogP contribution in [-0.4, -0.2) is 8.42 Å². The van der Waals surface area contributed by atoms with E-state index in [1.54, 1.807) is 0 Å². The van der Waals surface area contributed by atoms with Gasteiger partial charge >= 0.3 is 0 Å². The minimum absolute atomic E-state index is 0.870. The summed E-state index contributed by atoms with van der Waals surface area (Å²) in [4.78, 5) is 0. The molecule has 3 heteroatoms. The fourth-order valence-corrected chi connectivity index (χ4v) is 2.63. The van der Waals surface area contributed by atoms with E-state index in [2.05, 4.69) is 79.4 Å². The van der Waals surface area contributed by atoms with Gasteiger partial charge in [0, 0.05) is 5.41 Å². The average Bonchev–Trinajstić information content (AvgIpc) is 2.58. The molecule has 0 aliphatic rings. The van der Waals surface area contributed by atoms with Crippen LogP contribution in [0.4, 0.5) is 0 Å². The van der Waals surface area contributed by atoms with Crippen LogP contribution < -0.4 is 0 Å². The van der Waals surface area contributed by atoms with Crippen molar-refractivity contribution in [3.8, 4) is 0 Å². The fraction of sp³-hybridized carbons (Fsp3) is 0. The predicted molar refractivity (Wildman–Crippen MR) is 99.5 cm³/mol. The van der Waals surface area contributed by atoms with Crippen molar-refractivity contribution in [1.29, 1.82) is 0 Å². The zero-order valence-electron chi connectivity index (χ0n) is 12.5. The summed E-state index contributed by atoms with van der Waals surface area (Å²) in [5.74, 6) is 0. The highest BCUT2D eigenvalue weighted by atomic mass is 32.2. The monoisotopic (exact) mass is 320 g/mol. The Balaban J connectivity index is 0.000000276. The highest BCUT2D eigenvalue weighted by Crippen LogP contribution is 2.27. The van der Waals surface area contributed by atoms with Gasteiger partial charge in [-0.05, 0) is 56.6 Å². The second-order valence-corrected chi connectivity index (χ2v) is 6.15. The lowest BCUT2D eigenvalue weighted by Crippen LogP contribution is -1.78. The molecule has 0 unspecified atom stereocenters. The molecule has 4 aromatic rings. The van der Waals surface area contributed by atoms with Crippen LogP contribution in [0.25, 0.3) is 32.3 Å². The molecule has 0 saturated heterocycles. The first kappa shape index (κ1) is 15.3. The quantitative estimate of drug-likeness (QED) is 0.400. The standard InChI is InChI=1S/C18H12.C2H4O2S/c1-2-6-14-10-18-12-16-8-4-3-7-15(16)11-17(18)9-13(14)5-1;1-2-5(3)4/h1-12H;2,5H,1H2. The lowest BCUT2D eigenvalue weighted by molar-refractivity contribution is 0.622. The first-order valence-corrected chi connectivity index (χ1v) is 8.49. The van der Waals surface area contributed by atoms with Crippen LogP contribution in [0.2, 0.25) is 0 Å². The molecule has 0 spiro atoms. The van der Waals surface area contributed by atoms with E-state index >= 15 is 0 Å². The van der Waals surface area contributed by atoms with Gasteiger partial charge in [0.15, 0.2) is 10.7 Å². The Bertz CT molecular complexity index is 927. The summed E-state index contributed by atoms with van der Waals surface area (Å²) >= 11 is 0. The molecule has 0 fully saturated rings. The predicted octanol–water partition coefficient (Wildman–Crippen LogP) is 4.89. The van der Waals surface area contributed by atoms with Crippen LogP contribution in [0.1, 0.15) is 0 Å². The van der Waals surface area contributed by atoms with Gasteiger partial charge in [0.2, 0.25) is 0 Å². The van der Waals surface area contributed by atoms with Crippen molar-refractivity contribution in [3.63, 3.8) is 0 Å². The topological polar surface area (TPSA) is 34.1 Å². The van der Waals surface area contributed by atoms with Gasteiger partial charge in [-0.3, -0.25) is 0 Å². The van der Waals surface area contributed by atoms with E-state index in [1.165, 1.54) is 32.3 Å².